The van der Waals surface area contributed by atoms with Gasteiger partial charge in [-0.2, -0.15) is 0 Å². The number of nitrogens with zero attached hydrogens (tertiary/aromatic N) is 3. The zero-order valence-corrected chi connectivity index (χ0v) is 24.8. The van der Waals surface area contributed by atoms with Gasteiger partial charge >= 0.3 is 0 Å². The Hall–Kier alpha value is -5.35. The molecule has 0 fully saturated rings. The number of aromatic nitrogens is 3. The van der Waals surface area contributed by atoms with Crippen molar-refractivity contribution in [1.29, 1.82) is 0 Å². The maximum atomic E-state index is 6.36. The molecule has 0 saturated heterocycles. The van der Waals surface area contributed by atoms with Crippen molar-refractivity contribution < 1.29 is 4.74 Å². The van der Waals surface area contributed by atoms with Crippen LogP contribution in [-0.2, 0) is 0 Å². The van der Waals surface area contributed by atoms with Gasteiger partial charge in [0.15, 0.2) is 11.6 Å². The molecular formula is C41H31N3O. The first kappa shape index (κ1) is 26.1. The summed E-state index contributed by atoms with van der Waals surface area (Å²) in [7, 11) is 0. The van der Waals surface area contributed by atoms with Crippen molar-refractivity contribution >= 4 is 34.1 Å². The zero-order chi connectivity index (χ0) is 29.7. The summed E-state index contributed by atoms with van der Waals surface area (Å²) in [5.41, 5.74) is 5.82. The van der Waals surface area contributed by atoms with Crippen LogP contribution in [0.5, 0.6) is 5.75 Å². The Morgan fingerprint density at radius 3 is 2.36 bits per heavy atom. The van der Waals surface area contributed by atoms with Gasteiger partial charge in [0.25, 0.3) is 0 Å². The molecule has 3 unspecified atom stereocenters. The van der Waals surface area contributed by atoms with Crippen LogP contribution in [0.1, 0.15) is 53.9 Å². The molecule has 9 rings (SSSR count). The van der Waals surface area contributed by atoms with E-state index in [1.807, 2.05) is 6.07 Å². The van der Waals surface area contributed by atoms with Gasteiger partial charge in [-0.05, 0) is 69.8 Å². The van der Waals surface area contributed by atoms with Crippen molar-refractivity contribution in [3.05, 3.63) is 155 Å². The number of hydrogen-bond acceptors (Lipinski definition) is 4. The molecular weight excluding hydrogens is 550 g/mol. The lowest BCUT2D eigenvalue weighted by molar-refractivity contribution is 0.271. The van der Waals surface area contributed by atoms with E-state index < -0.39 is 0 Å². The quantitative estimate of drug-likeness (QED) is 0.219. The summed E-state index contributed by atoms with van der Waals surface area (Å²) in [5, 5.41) is 4.82. The number of hydrogen-bond donors (Lipinski definition) is 0. The van der Waals surface area contributed by atoms with Crippen LogP contribution in [0, 0.1) is 0 Å². The van der Waals surface area contributed by atoms with Gasteiger partial charge in [-0.1, -0.05) is 115 Å². The molecule has 0 amide bonds. The number of ether oxygens (including phenoxy) is 1. The molecule has 1 aliphatic heterocycles. The van der Waals surface area contributed by atoms with Crippen LogP contribution in [0.25, 0.3) is 45.5 Å². The smallest absolute Gasteiger partial charge is 0.164 e. The van der Waals surface area contributed by atoms with Gasteiger partial charge in [-0.15, -0.1) is 0 Å². The van der Waals surface area contributed by atoms with Gasteiger partial charge in [0.05, 0.1) is 5.92 Å². The van der Waals surface area contributed by atoms with Crippen molar-refractivity contribution in [2.45, 2.75) is 37.2 Å². The maximum Gasteiger partial charge on any atom is 0.164 e. The lowest BCUT2D eigenvalue weighted by atomic mass is 9.79. The minimum Gasteiger partial charge on any atom is -0.485 e. The van der Waals surface area contributed by atoms with E-state index in [1.54, 1.807) is 0 Å². The first-order valence-electron chi connectivity index (χ1n) is 15.9. The average Bonchev–Trinajstić information content (AvgIpc) is 3.50. The zero-order valence-electron chi connectivity index (χ0n) is 24.8. The second-order valence-corrected chi connectivity index (χ2v) is 12.1. The Kier molecular flexibility index (Phi) is 6.19. The summed E-state index contributed by atoms with van der Waals surface area (Å²) < 4.78 is 6.36. The highest BCUT2D eigenvalue weighted by molar-refractivity contribution is 6.03. The van der Waals surface area contributed by atoms with Crippen molar-refractivity contribution in [3.63, 3.8) is 0 Å². The summed E-state index contributed by atoms with van der Waals surface area (Å²) in [6, 6.07) is 30.1. The van der Waals surface area contributed by atoms with Crippen LogP contribution < -0.4 is 15.2 Å². The second kappa shape index (κ2) is 10.7. The van der Waals surface area contributed by atoms with Crippen molar-refractivity contribution in [2.24, 2.45) is 0 Å². The van der Waals surface area contributed by atoms with Crippen LogP contribution in [0.15, 0.2) is 121 Å². The third kappa shape index (κ3) is 4.48. The molecule has 5 aromatic rings. The second-order valence-electron chi connectivity index (χ2n) is 12.1. The normalized spacial score (nSPS) is 21.0. The maximum absolute atomic E-state index is 6.36. The highest BCUT2D eigenvalue weighted by Crippen LogP contribution is 2.49. The lowest BCUT2D eigenvalue weighted by Gasteiger charge is -2.24. The van der Waals surface area contributed by atoms with Crippen molar-refractivity contribution in [2.75, 3.05) is 0 Å². The molecule has 0 N–H and O–H groups in total. The molecule has 4 aromatic carbocycles. The fraction of sp³-hybridized carbons (Fsp3) is 0.146. The monoisotopic (exact) mass is 581 g/mol. The fourth-order valence-electron chi connectivity index (χ4n) is 7.26. The fourth-order valence-corrected chi connectivity index (χ4v) is 7.26. The molecule has 0 radical (unpaired) electrons. The highest BCUT2D eigenvalue weighted by atomic mass is 16.5. The highest BCUT2D eigenvalue weighted by Gasteiger charge is 2.37. The molecule has 2 heterocycles. The van der Waals surface area contributed by atoms with Gasteiger partial charge in [0.1, 0.15) is 17.7 Å². The minimum atomic E-state index is -0.0000115. The van der Waals surface area contributed by atoms with E-state index in [1.165, 1.54) is 32.5 Å². The Bertz CT molecular complexity index is 2260. The van der Waals surface area contributed by atoms with E-state index >= 15 is 0 Å². The van der Waals surface area contributed by atoms with Crippen LogP contribution in [0.2, 0.25) is 0 Å². The predicted octanol–water partition coefficient (Wildman–Crippen LogP) is 7.67. The van der Waals surface area contributed by atoms with E-state index in [0.717, 1.165) is 59.0 Å². The van der Waals surface area contributed by atoms with Crippen LogP contribution in [-0.4, -0.2) is 21.1 Å². The van der Waals surface area contributed by atoms with E-state index in [4.69, 9.17) is 19.7 Å². The Balaban J connectivity index is 1.20. The SMILES string of the molecule is C1=CC2Oc3ccccc3C2C(c2ccc(-c3nc(C4=CCCC=C4)nc(C4C=c5ccccc5=CC4)n3)c3ccccc23)=C1. The van der Waals surface area contributed by atoms with E-state index in [-0.39, 0.29) is 17.9 Å². The molecule has 216 valence electrons. The summed E-state index contributed by atoms with van der Waals surface area (Å²) in [6.07, 6.45) is 20.7. The molecule has 1 aromatic heterocycles. The molecule has 3 aliphatic carbocycles. The van der Waals surface area contributed by atoms with E-state index in [0.29, 0.717) is 0 Å². The number of fused-ring (bicyclic) bond motifs is 5. The first-order valence-corrected chi connectivity index (χ1v) is 15.9. The number of para-hydroxylation sites is 1. The molecule has 0 bridgehead atoms. The van der Waals surface area contributed by atoms with Gasteiger partial charge in [0.2, 0.25) is 0 Å². The number of rotatable bonds is 4. The third-order valence-corrected chi connectivity index (χ3v) is 9.44. The Morgan fingerprint density at radius 1 is 0.689 bits per heavy atom. The van der Waals surface area contributed by atoms with Gasteiger partial charge in [0, 0.05) is 22.6 Å². The number of allylic oxidation sites excluding steroid dienone is 6. The topological polar surface area (TPSA) is 47.9 Å². The number of benzene rings is 4. The summed E-state index contributed by atoms with van der Waals surface area (Å²) in [5.74, 6) is 3.49. The summed E-state index contributed by atoms with van der Waals surface area (Å²) >= 11 is 0. The van der Waals surface area contributed by atoms with Gasteiger partial charge < -0.3 is 4.74 Å². The molecule has 0 saturated carbocycles. The van der Waals surface area contributed by atoms with Crippen molar-refractivity contribution in [1.82, 2.24) is 15.0 Å². The summed E-state index contributed by atoms with van der Waals surface area (Å²) in [4.78, 5) is 15.4. The molecule has 4 heteroatoms. The van der Waals surface area contributed by atoms with E-state index in [9.17, 15) is 0 Å². The average molecular weight is 582 g/mol. The molecule has 4 nitrogen and oxygen atoms in total. The van der Waals surface area contributed by atoms with Gasteiger partial charge in [-0.3, -0.25) is 0 Å². The minimum absolute atomic E-state index is 0.0000115. The molecule has 0 spiro atoms. The van der Waals surface area contributed by atoms with Crippen LogP contribution in [0.3, 0.4) is 0 Å². The van der Waals surface area contributed by atoms with Crippen LogP contribution in [0.4, 0.5) is 0 Å². The molecule has 45 heavy (non-hydrogen) atoms. The third-order valence-electron chi connectivity index (χ3n) is 9.44. The Labute approximate surface area is 262 Å². The van der Waals surface area contributed by atoms with E-state index in [2.05, 4.69) is 127 Å². The Morgan fingerprint density at radius 2 is 1.47 bits per heavy atom. The predicted molar refractivity (Wildman–Crippen MR) is 182 cm³/mol. The summed E-state index contributed by atoms with van der Waals surface area (Å²) in [6.45, 7) is 0. The standard InChI is InChI=1S/C41H31N3O/c1-2-12-27(13-3-1)39-42-40(29-22-21-26-11-4-5-14-28(26)25-29)44-41(43-39)34-24-23-32(30-15-6-7-16-31(30)34)33-18-10-20-37-38(33)35-17-8-9-19-36(35)45-37/h2,4-21,23-25,29,37-38H,1,3,22H2. The van der Waals surface area contributed by atoms with Gasteiger partial charge in [-0.25, -0.2) is 15.0 Å². The lowest BCUT2D eigenvalue weighted by Crippen LogP contribution is -2.28. The first-order chi connectivity index (χ1) is 22.3. The van der Waals surface area contributed by atoms with Crippen LogP contribution >= 0.6 is 0 Å². The largest absolute Gasteiger partial charge is 0.485 e. The van der Waals surface area contributed by atoms with Crippen molar-refractivity contribution in [3.8, 4) is 17.1 Å². The molecule has 4 aliphatic rings. The molecule has 3 atom stereocenters.